The quantitative estimate of drug-likeness (QED) is 0.0810. The van der Waals surface area contributed by atoms with Gasteiger partial charge >= 0.3 is 12.2 Å². The van der Waals surface area contributed by atoms with Gasteiger partial charge in [-0.2, -0.15) is 10.00 Å². The zero-order chi connectivity index (χ0) is 59.9. The number of nitrogens with one attached hydrogen (secondary N) is 1. The van der Waals surface area contributed by atoms with Crippen LogP contribution in [0.25, 0.3) is 16.5 Å². The minimum atomic E-state index is -4.77. The Hall–Kier alpha value is -6.74. The second kappa shape index (κ2) is 23.9. The van der Waals surface area contributed by atoms with Crippen molar-refractivity contribution >= 4 is 79.1 Å². The minimum Gasteiger partial charge on any atom is -0.456 e. The van der Waals surface area contributed by atoms with Crippen molar-refractivity contribution in [3.63, 3.8) is 0 Å². The maximum atomic E-state index is 14.7. The predicted molar refractivity (Wildman–Crippen MR) is 320 cm³/mol. The lowest BCUT2D eigenvalue weighted by Gasteiger charge is -2.39. The van der Waals surface area contributed by atoms with Crippen LogP contribution in [0, 0.1) is 15.5 Å². The summed E-state index contributed by atoms with van der Waals surface area (Å²) < 4.78 is 56.4. The Bertz CT molecular complexity index is 3330. The van der Waals surface area contributed by atoms with E-state index in [1.165, 1.54) is 34.9 Å². The topological polar surface area (TPSA) is 208 Å². The van der Waals surface area contributed by atoms with Gasteiger partial charge in [0.15, 0.2) is 5.82 Å². The van der Waals surface area contributed by atoms with Crippen molar-refractivity contribution in [1.82, 2.24) is 19.4 Å². The van der Waals surface area contributed by atoms with Crippen molar-refractivity contribution in [2.24, 2.45) is 5.41 Å². The molecule has 442 valence electrons. The number of nitro benzene ring substituents is 1. The lowest BCUT2D eigenvalue weighted by Crippen LogP contribution is -2.47. The van der Waals surface area contributed by atoms with E-state index in [-0.39, 0.29) is 51.5 Å². The molecular weight excluding hydrogens is 1090 g/mol. The molecule has 1 aliphatic heterocycles. The number of benzene rings is 4. The smallest absolute Gasteiger partial charge is 0.425 e. The van der Waals surface area contributed by atoms with Gasteiger partial charge in [-0.05, 0) is 172 Å². The van der Waals surface area contributed by atoms with Crippen molar-refractivity contribution in [2.45, 2.75) is 155 Å². The monoisotopic (exact) mass is 1170 g/mol. The molecule has 0 spiro atoms. The minimum absolute atomic E-state index is 0.0408. The van der Waals surface area contributed by atoms with Crippen LogP contribution in [-0.2, 0) is 29.8 Å². The van der Waals surface area contributed by atoms with Crippen molar-refractivity contribution in [3.8, 4) is 11.5 Å². The number of imide groups is 1. The standard InChI is InChI=1S/C61H79ClN8O11S/c1-58(2,3)69-49-15-14-16-51(53(49)54(63-69)68(56(72)80-59(4,5)6)57(73)81-60(7,8)9)79-52-35-43(67-33-31-66(32-34-67)38-40-29-30-61(10,11)37-47(40)39-17-19-41(62)20-18-39)23-27-46(52)55(71)64-82(76,77)45-26-28-48(50(36-45)70(74)75)65(12)42-21-24-44(78-13)25-22-42/h14-20,23,26-28,35-36,42,44H,21-22,24-25,29-34,37-38H2,1-13H3,(H,64,71). The van der Waals surface area contributed by atoms with Crippen LogP contribution in [0.2, 0.25) is 5.02 Å². The SMILES string of the molecule is COC1CCC(N(C)c2ccc(S(=O)(=O)NC(=O)c3ccc(N4CCN(CC5=C(c6ccc(Cl)cc6)CC(C)(C)CC5)CC4)cc3Oc3cccc4c3c(N(C(=O)OC(C)(C)C)C(=O)OC(C)(C)C)nn4C(C)(C)C)cc2[N+](=O)[O-])CC1. The summed E-state index contributed by atoms with van der Waals surface area (Å²) in [5, 5.41) is 18.4. The van der Waals surface area contributed by atoms with E-state index >= 15 is 0 Å². The van der Waals surface area contributed by atoms with Gasteiger partial charge in [0.25, 0.3) is 21.6 Å². The van der Waals surface area contributed by atoms with E-state index in [0.717, 1.165) is 62.5 Å². The Morgan fingerprint density at radius 2 is 1.48 bits per heavy atom. The molecule has 2 heterocycles. The maximum Gasteiger partial charge on any atom is 0.425 e. The largest absolute Gasteiger partial charge is 0.456 e. The fourth-order valence-electron chi connectivity index (χ4n) is 10.9. The first kappa shape index (κ1) is 61.3. The third-order valence-corrected chi connectivity index (χ3v) is 16.8. The lowest BCUT2D eigenvalue weighted by atomic mass is 9.72. The zero-order valence-electron chi connectivity index (χ0n) is 49.6. The molecule has 0 radical (unpaired) electrons. The molecule has 1 N–H and O–H groups in total. The summed E-state index contributed by atoms with van der Waals surface area (Å²) >= 11 is 6.31. The van der Waals surface area contributed by atoms with E-state index in [4.69, 9.17) is 35.6 Å². The van der Waals surface area contributed by atoms with Crippen LogP contribution in [0.15, 0.2) is 89.3 Å². The van der Waals surface area contributed by atoms with Gasteiger partial charge in [0.05, 0.1) is 37.9 Å². The third kappa shape index (κ3) is 14.4. The molecule has 21 heteroatoms. The number of carbonyl (C=O) groups excluding carboxylic acids is 3. The molecule has 82 heavy (non-hydrogen) atoms. The van der Waals surface area contributed by atoms with Gasteiger partial charge in [-0.25, -0.2) is 22.7 Å². The number of nitrogens with zero attached hydrogens (tertiary/aromatic N) is 7. The van der Waals surface area contributed by atoms with Crippen molar-refractivity contribution < 1.29 is 46.7 Å². The van der Waals surface area contributed by atoms with Gasteiger partial charge in [-0.3, -0.25) is 24.5 Å². The average Bonchev–Trinajstić information content (AvgIpc) is 2.91. The predicted octanol–water partition coefficient (Wildman–Crippen LogP) is 13.1. The second-order valence-electron chi connectivity index (χ2n) is 25.4. The number of nitro groups is 1. The molecule has 19 nitrogen and oxygen atoms in total. The van der Waals surface area contributed by atoms with E-state index in [1.54, 1.807) is 95.6 Å². The van der Waals surface area contributed by atoms with Crippen LogP contribution < -0.4 is 24.2 Å². The first-order valence-corrected chi connectivity index (χ1v) is 29.8. The van der Waals surface area contributed by atoms with Gasteiger partial charge in [0.1, 0.15) is 28.4 Å². The molecule has 0 bridgehead atoms. The number of halogens is 1. The number of amides is 3. The Kier molecular flexibility index (Phi) is 17.8. The molecule has 4 aromatic carbocycles. The van der Waals surface area contributed by atoms with Crippen molar-refractivity contribution in [2.75, 3.05) is 61.6 Å². The highest BCUT2D eigenvalue weighted by atomic mass is 35.5. The summed E-state index contributed by atoms with van der Waals surface area (Å²) in [4.78, 5) is 61.9. The van der Waals surface area contributed by atoms with Crippen LogP contribution in [0.4, 0.5) is 32.5 Å². The van der Waals surface area contributed by atoms with E-state index in [1.807, 2.05) is 32.9 Å². The number of carbonyl (C=O) groups is 3. The number of hydrogen-bond donors (Lipinski definition) is 1. The zero-order valence-corrected chi connectivity index (χ0v) is 51.1. The number of rotatable bonds is 14. The molecule has 2 aliphatic carbocycles. The number of fused-ring (bicyclic) bond motifs is 1. The molecule has 8 rings (SSSR count). The van der Waals surface area contributed by atoms with Crippen molar-refractivity contribution in [3.05, 3.63) is 111 Å². The van der Waals surface area contributed by atoms with Gasteiger partial charge in [0, 0.05) is 75.8 Å². The van der Waals surface area contributed by atoms with Gasteiger partial charge in [-0.1, -0.05) is 49.2 Å². The lowest BCUT2D eigenvalue weighted by molar-refractivity contribution is -0.384. The van der Waals surface area contributed by atoms with Gasteiger partial charge in [-0.15, -0.1) is 0 Å². The third-order valence-electron chi connectivity index (χ3n) is 15.2. The number of hydrogen-bond acceptors (Lipinski definition) is 15. The highest BCUT2D eigenvalue weighted by Crippen LogP contribution is 2.45. The average molecular weight is 1170 g/mol. The fraction of sp³-hybridized carbons (Fsp3) is 0.508. The molecule has 5 aromatic rings. The summed E-state index contributed by atoms with van der Waals surface area (Å²) in [5.41, 5.74) is 1.98. The van der Waals surface area contributed by atoms with Crippen LogP contribution in [0.3, 0.4) is 0 Å². The highest BCUT2D eigenvalue weighted by molar-refractivity contribution is 7.90. The number of allylic oxidation sites excluding steroid dienone is 1. The summed E-state index contributed by atoms with van der Waals surface area (Å²) in [7, 11) is -1.35. The second-order valence-corrected chi connectivity index (χ2v) is 27.6. The van der Waals surface area contributed by atoms with Crippen LogP contribution in [0.1, 0.15) is 137 Å². The van der Waals surface area contributed by atoms with E-state index < -0.39 is 60.4 Å². The Balaban J connectivity index is 1.17. The number of methoxy groups -OCH3 is 1. The molecular formula is C61H79ClN8O11S. The number of ether oxygens (including phenoxy) is 4. The molecule has 0 unspecified atom stereocenters. The molecule has 0 atom stereocenters. The first-order chi connectivity index (χ1) is 38.3. The molecule has 1 saturated carbocycles. The molecule has 3 aliphatic rings. The van der Waals surface area contributed by atoms with E-state index in [9.17, 15) is 32.9 Å². The molecule has 1 aromatic heterocycles. The number of sulfonamides is 1. The highest BCUT2D eigenvalue weighted by Gasteiger charge is 2.39. The summed E-state index contributed by atoms with van der Waals surface area (Å²) in [5.74, 6) is -1.30. The van der Waals surface area contributed by atoms with Gasteiger partial charge in [0.2, 0.25) is 0 Å². The normalized spacial score (nSPS) is 18.2. The first-order valence-electron chi connectivity index (χ1n) is 28.0. The summed E-state index contributed by atoms with van der Waals surface area (Å²) in [6, 6.07) is 21.5. The summed E-state index contributed by atoms with van der Waals surface area (Å²) in [6.45, 7) is 23.7. The fourth-order valence-corrected chi connectivity index (χ4v) is 12.1. The number of piperazine rings is 1. The van der Waals surface area contributed by atoms with Crippen LogP contribution in [-0.4, -0.2) is 116 Å². The molecule has 1 saturated heterocycles. The molecule has 2 fully saturated rings. The summed E-state index contributed by atoms with van der Waals surface area (Å²) in [6.07, 6.45) is 4.00. The maximum absolute atomic E-state index is 14.7. The Labute approximate surface area is 487 Å². The number of aromatic nitrogens is 2. The van der Waals surface area contributed by atoms with Crippen LogP contribution in [0.5, 0.6) is 11.5 Å². The van der Waals surface area contributed by atoms with Gasteiger partial charge < -0.3 is 28.7 Å². The Morgan fingerprint density at radius 3 is 2.06 bits per heavy atom. The van der Waals surface area contributed by atoms with E-state index in [2.05, 4.69) is 40.5 Å². The van der Waals surface area contributed by atoms with Crippen molar-refractivity contribution in [1.29, 1.82) is 0 Å². The van der Waals surface area contributed by atoms with E-state index in [0.29, 0.717) is 42.4 Å². The van der Waals surface area contributed by atoms with Crippen LogP contribution >= 0.6 is 11.6 Å². The molecule has 3 amide bonds. The number of anilines is 3. The Morgan fingerprint density at radius 1 is 0.841 bits per heavy atom.